The van der Waals surface area contributed by atoms with E-state index in [1.165, 1.54) is 18.6 Å². The van der Waals surface area contributed by atoms with E-state index >= 15 is 0 Å². The van der Waals surface area contributed by atoms with Crippen molar-refractivity contribution >= 4 is 11.8 Å². The number of thioether (sulfide) groups is 1. The lowest BCUT2D eigenvalue weighted by molar-refractivity contribution is 0.357. The maximum absolute atomic E-state index is 3.82. The maximum Gasteiger partial charge on any atom is 0.0904 e. The normalized spacial score (nSPS) is 36.8. The van der Waals surface area contributed by atoms with E-state index in [4.69, 9.17) is 0 Å². The van der Waals surface area contributed by atoms with Gasteiger partial charge in [0.15, 0.2) is 0 Å². The number of rotatable bonds is 0. The highest BCUT2D eigenvalue weighted by Crippen LogP contribution is 2.49. The highest BCUT2D eigenvalue weighted by Gasteiger charge is 2.41. The molecule has 92 valence electrons. The molecule has 0 aromatic heterocycles. The van der Waals surface area contributed by atoms with Crippen molar-refractivity contribution in [3.05, 3.63) is 35.4 Å². The SMILES string of the molecule is CC1CNC2(CCC(C)c3ccccc32)SC1. The lowest BCUT2D eigenvalue weighted by Crippen LogP contribution is -2.48. The monoisotopic (exact) mass is 247 g/mol. The van der Waals surface area contributed by atoms with Crippen molar-refractivity contribution in [1.82, 2.24) is 5.32 Å². The van der Waals surface area contributed by atoms with Crippen molar-refractivity contribution in [3.63, 3.8) is 0 Å². The van der Waals surface area contributed by atoms with Gasteiger partial charge in [0, 0.05) is 6.54 Å². The number of nitrogens with one attached hydrogen (secondary N) is 1. The highest BCUT2D eigenvalue weighted by molar-refractivity contribution is 8.00. The van der Waals surface area contributed by atoms with E-state index in [0.29, 0.717) is 0 Å². The first-order chi connectivity index (χ1) is 8.21. The van der Waals surface area contributed by atoms with Crippen LogP contribution in [0.2, 0.25) is 0 Å². The van der Waals surface area contributed by atoms with Crippen molar-refractivity contribution in [3.8, 4) is 0 Å². The van der Waals surface area contributed by atoms with Crippen LogP contribution in [0, 0.1) is 5.92 Å². The largest absolute Gasteiger partial charge is 0.299 e. The zero-order valence-corrected chi connectivity index (χ0v) is 11.5. The molecule has 1 fully saturated rings. The molecule has 1 nitrogen and oxygen atoms in total. The van der Waals surface area contributed by atoms with Crippen LogP contribution in [-0.2, 0) is 4.87 Å². The van der Waals surface area contributed by atoms with Crippen molar-refractivity contribution in [1.29, 1.82) is 0 Å². The second-order valence-electron chi connectivity index (χ2n) is 5.65. The standard InChI is InChI=1S/C15H21NS/c1-11-9-16-15(17-10-11)8-7-12(2)13-5-3-4-6-14(13)15/h3-6,11-12,16H,7-10H2,1-2H3. The molecule has 1 aromatic rings. The zero-order valence-electron chi connectivity index (χ0n) is 10.7. The summed E-state index contributed by atoms with van der Waals surface area (Å²) in [5, 5.41) is 3.82. The van der Waals surface area contributed by atoms with Gasteiger partial charge in [-0.05, 0) is 41.6 Å². The molecule has 2 aliphatic rings. The average molecular weight is 247 g/mol. The van der Waals surface area contributed by atoms with Crippen LogP contribution in [0.15, 0.2) is 24.3 Å². The second-order valence-corrected chi connectivity index (χ2v) is 6.97. The lowest BCUT2D eigenvalue weighted by atomic mass is 9.80. The van der Waals surface area contributed by atoms with Gasteiger partial charge < -0.3 is 0 Å². The quantitative estimate of drug-likeness (QED) is 0.750. The molecule has 0 amide bonds. The average Bonchev–Trinajstić information content (AvgIpc) is 2.38. The van der Waals surface area contributed by atoms with Crippen LogP contribution >= 0.6 is 11.8 Å². The van der Waals surface area contributed by atoms with E-state index in [9.17, 15) is 0 Å². The van der Waals surface area contributed by atoms with Crippen LogP contribution in [0.1, 0.15) is 43.7 Å². The summed E-state index contributed by atoms with van der Waals surface area (Å²) < 4.78 is 0. The molecule has 1 N–H and O–H groups in total. The topological polar surface area (TPSA) is 12.0 Å². The molecular formula is C15H21NS. The van der Waals surface area contributed by atoms with E-state index in [1.54, 1.807) is 11.1 Å². The first-order valence-electron chi connectivity index (χ1n) is 6.70. The molecular weight excluding hydrogens is 226 g/mol. The van der Waals surface area contributed by atoms with Gasteiger partial charge in [-0.25, -0.2) is 0 Å². The Hall–Kier alpha value is -0.470. The van der Waals surface area contributed by atoms with Gasteiger partial charge in [0.25, 0.3) is 0 Å². The van der Waals surface area contributed by atoms with Crippen molar-refractivity contribution in [2.45, 2.75) is 37.5 Å². The Labute approximate surface area is 108 Å². The third kappa shape index (κ3) is 1.92. The highest BCUT2D eigenvalue weighted by atomic mass is 32.2. The summed E-state index contributed by atoms with van der Waals surface area (Å²) >= 11 is 2.13. The molecule has 3 atom stereocenters. The number of hydrogen-bond acceptors (Lipinski definition) is 2. The molecule has 1 aliphatic heterocycles. The van der Waals surface area contributed by atoms with E-state index in [2.05, 4.69) is 55.2 Å². The Morgan fingerprint density at radius 1 is 1.29 bits per heavy atom. The van der Waals surface area contributed by atoms with Crippen molar-refractivity contribution in [2.24, 2.45) is 5.92 Å². The molecule has 0 radical (unpaired) electrons. The Balaban J connectivity index is 2.00. The third-order valence-corrected chi connectivity index (χ3v) is 6.00. The third-order valence-electron chi connectivity index (χ3n) is 4.21. The summed E-state index contributed by atoms with van der Waals surface area (Å²) in [4.78, 5) is 0.218. The fourth-order valence-electron chi connectivity index (χ4n) is 3.07. The van der Waals surface area contributed by atoms with E-state index in [1.807, 2.05) is 0 Å². The fourth-order valence-corrected chi connectivity index (χ4v) is 4.55. The van der Waals surface area contributed by atoms with Gasteiger partial charge in [0.2, 0.25) is 0 Å². The van der Waals surface area contributed by atoms with Gasteiger partial charge in [-0.15, -0.1) is 11.8 Å². The molecule has 2 heteroatoms. The predicted octanol–water partition coefficient (Wildman–Crippen LogP) is 3.71. The maximum atomic E-state index is 3.82. The summed E-state index contributed by atoms with van der Waals surface area (Å²) in [6.45, 7) is 5.86. The van der Waals surface area contributed by atoms with E-state index in [-0.39, 0.29) is 4.87 Å². The molecule has 1 aromatic carbocycles. The minimum atomic E-state index is 0.218. The van der Waals surface area contributed by atoms with Crippen LogP contribution in [0.4, 0.5) is 0 Å². The van der Waals surface area contributed by atoms with E-state index < -0.39 is 0 Å². The number of benzene rings is 1. The Kier molecular flexibility index (Phi) is 2.95. The summed E-state index contributed by atoms with van der Waals surface area (Å²) in [6.07, 6.45) is 2.59. The summed E-state index contributed by atoms with van der Waals surface area (Å²) in [5.74, 6) is 2.81. The van der Waals surface area contributed by atoms with E-state index in [0.717, 1.165) is 18.4 Å². The second kappa shape index (κ2) is 4.33. The fraction of sp³-hybridized carbons (Fsp3) is 0.600. The first kappa shape index (κ1) is 11.6. The van der Waals surface area contributed by atoms with Crippen LogP contribution in [-0.4, -0.2) is 12.3 Å². The number of fused-ring (bicyclic) bond motifs is 2. The summed E-state index contributed by atoms with van der Waals surface area (Å²) in [5.41, 5.74) is 3.11. The molecule has 1 aliphatic carbocycles. The minimum Gasteiger partial charge on any atom is -0.299 e. The van der Waals surface area contributed by atoms with Gasteiger partial charge in [-0.1, -0.05) is 38.1 Å². The zero-order chi connectivity index (χ0) is 11.9. The lowest BCUT2D eigenvalue weighted by Gasteiger charge is -2.45. The van der Waals surface area contributed by atoms with Crippen molar-refractivity contribution < 1.29 is 0 Å². The number of hydrogen-bond donors (Lipinski definition) is 1. The van der Waals surface area contributed by atoms with Gasteiger partial charge in [-0.3, -0.25) is 5.32 Å². The molecule has 1 saturated heterocycles. The Morgan fingerprint density at radius 3 is 2.88 bits per heavy atom. The van der Waals surface area contributed by atoms with Gasteiger partial charge >= 0.3 is 0 Å². The molecule has 1 heterocycles. The Bertz CT molecular complexity index is 407. The molecule has 3 unspecified atom stereocenters. The van der Waals surface area contributed by atoms with Crippen LogP contribution in [0.25, 0.3) is 0 Å². The summed E-state index contributed by atoms with van der Waals surface area (Å²) in [6, 6.07) is 9.03. The molecule has 0 saturated carbocycles. The van der Waals surface area contributed by atoms with Crippen molar-refractivity contribution in [2.75, 3.05) is 12.3 Å². The molecule has 1 spiro atoms. The van der Waals surface area contributed by atoms with Gasteiger partial charge in [-0.2, -0.15) is 0 Å². The molecule has 17 heavy (non-hydrogen) atoms. The molecule has 3 rings (SSSR count). The van der Waals surface area contributed by atoms with Crippen LogP contribution < -0.4 is 5.32 Å². The van der Waals surface area contributed by atoms with Gasteiger partial charge in [0.05, 0.1) is 4.87 Å². The van der Waals surface area contributed by atoms with Crippen LogP contribution in [0.3, 0.4) is 0 Å². The predicted molar refractivity (Wildman–Crippen MR) is 75.4 cm³/mol. The first-order valence-corrected chi connectivity index (χ1v) is 7.68. The summed E-state index contributed by atoms with van der Waals surface area (Å²) in [7, 11) is 0. The van der Waals surface area contributed by atoms with Gasteiger partial charge in [0.1, 0.15) is 0 Å². The molecule has 0 bridgehead atoms. The minimum absolute atomic E-state index is 0.218. The van der Waals surface area contributed by atoms with Crippen LogP contribution in [0.5, 0.6) is 0 Å². The smallest absolute Gasteiger partial charge is 0.0904 e. The Morgan fingerprint density at radius 2 is 2.12 bits per heavy atom.